The van der Waals surface area contributed by atoms with Gasteiger partial charge in [-0.15, -0.1) is 0 Å². The first-order chi connectivity index (χ1) is 8.62. The molecule has 0 atom stereocenters. The molecule has 0 aliphatic rings. The second kappa shape index (κ2) is 5.34. The highest BCUT2D eigenvalue weighted by Crippen LogP contribution is 2.21. The summed E-state index contributed by atoms with van der Waals surface area (Å²) in [5, 5.41) is 3.94. The van der Waals surface area contributed by atoms with Crippen molar-refractivity contribution < 1.29 is 17.9 Å². The zero-order valence-electron chi connectivity index (χ0n) is 11.1. The summed E-state index contributed by atoms with van der Waals surface area (Å²) in [5.74, 6) is 0.0716. The average Bonchev–Trinajstić information content (AvgIpc) is 2.42. The second-order valence-electron chi connectivity index (χ2n) is 4.13. The van der Waals surface area contributed by atoms with Crippen LogP contribution < -0.4 is 15.2 Å². The lowest BCUT2D eigenvalue weighted by molar-refractivity contribution is 0.121. The third kappa shape index (κ3) is 4.02. The van der Waals surface area contributed by atoms with Gasteiger partial charge in [-0.1, -0.05) is 0 Å². The minimum Gasteiger partial charge on any atom is -0.446 e. The Bertz CT molecular complexity index is 578. The van der Waals surface area contributed by atoms with Gasteiger partial charge in [-0.3, -0.25) is 0 Å². The Morgan fingerprint density at radius 3 is 2.47 bits per heavy atom. The molecule has 1 amide bonds. The Hall–Kier alpha value is -1.97. The predicted octanol–water partition coefficient (Wildman–Crippen LogP) is 0.102. The smallest absolute Gasteiger partial charge is 0.422 e. The molecule has 0 radical (unpaired) electrons. The van der Waals surface area contributed by atoms with E-state index in [1.807, 2.05) is 0 Å². The van der Waals surface area contributed by atoms with Gasteiger partial charge < -0.3 is 10.5 Å². The highest BCUT2D eigenvalue weighted by molar-refractivity contribution is 7.91. The molecule has 0 aliphatic heterocycles. The Kier molecular flexibility index (Phi) is 4.24. The third-order valence-electron chi connectivity index (χ3n) is 2.06. The first kappa shape index (κ1) is 15.1. The fourth-order valence-corrected chi connectivity index (χ4v) is 2.11. The van der Waals surface area contributed by atoms with Crippen molar-refractivity contribution in [3.63, 3.8) is 0 Å². The molecule has 1 aromatic rings. The average molecular weight is 291 g/mol. The number of aromatic nitrogens is 2. The second-order valence-corrected chi connectivity index (χ2v) is 5.55. The van der Waals surface area contributed by atoms with E-state index in [-0.39, 0.29) is 11.5 Å². The summed E-state index contributed by atoms with van der Waals surface area (Å²) < 4.78 is 33.1. The van der Waals surface area contributed by atoms with E-state index in [4.69, 9.17) is 5.73 Å². The molecule has 10 heteroatoms. The number of hydrogen-bond acceptors (Lipinski definition) is 6. The lowest BCUT2D eigenvalue weighted by atomic mass is 10.4. The first-order valence-electron chi connectivity index (χ1n) is 5.42. The van der Waals surface area contributed by atoms with Crippen LogP contribution in [0.3, 0.4) is 0 Å². The van der Waals surface area contributed by atoms with Crippen LogP contribution in [0.4, 0.5) is 16.3 Å². The van der Waals surface area contributed by atoms with E-state index >= 15 is 0 Å². The number of nitrogens with two attached hydrogens (primary N) is 1. The quantitative estimate of drug-likeness (QED) is 0.721. The summed E-state index contributed by atoms with van der Waals surface area (Å²) in [5.41, 5.74) is 6.33. The van der Waals surface area contributed by atoms with Crippen molar-refractivity contribution in [2.75, 3.05) is 10.5 Å². The number of nitrogens with zero attached hydrogens (tertiary/aromatic N) is 2. The SMILES string of the molecule is Cc1nn(C)c(NS(=O)(=O)NC(=O)OC(C)C)c1N. The third-order valence-corrected chi connectivity index (χ3v) is 2.96. The summed E-state index contributed by atoms with van der Waals surface area (Å²) in [6.07, 6.45) is -1.50. The van der Waals surface area contributed by atoms with Gasteiger partial charge in [-0.25, -0.2) is 18.9 Å². The number of rotatable bonds is 4. The summed E-state index contributed by atoms with van der Waals surface area (Å²) in [4.78, 5) is 11.2. The van der Waals surface area contributed by atoms with E-state index in [9.17, 15) is 13.2 Å². The Labute approximate surface area is 111 Å². The molecule has 0 aromatic carbocycles. The van der Waals surface area contributed by atoms with Crippen LogP contribution in [0.25, 0.3) is 0 Å². The van der Waals surface area contributed by atoms with Gasteiger partial charge in [-0.05, 0) is 20.8 Å². The van der Waals surface area contributed by atoms with Crippen molar-refractivity contribution in [2.45, 2.75) is 26.9 Å². The molecular weight excluding hydrogens is 274 g/mol. The van der Waals surface area contributed by atoms with Crippen molar-refractivity contribution in [1.29, 1.82) is 0 Å². The molecule has 1 aromatic heterocycles. The van der Waals surface area contributed by atoms with E-state index in [1.54, 1.807) is 25.5 Å². The molecule has 0 aliphatic carbocycles. The van der Waals surface area contributed by atoms with Gasteiger partial charge >= 0.3 is 16.3 Å². The number of carbonyl (C=O) groups excluding carboxylic acids is 1. The molecule has 19 heavy (non-hydrogen) atoms. The minimum absolute atomic E-state index is 0.0716. The van der Waals surface area contributed by atoms with Crippen molar-refractivity contribution in [1.82, 2.24) is 14.5 Å². The highest BCUT2D eigenvalue weighted by atomic mass is 32.2. The number of anilines is 2. The fourth-order valence-electron chi connectivity index (χ4n) is 1.30. The lowest BCUT2D eigenvalue weighted by Gasteiger charge is -2.11. The van der Waals surface area contributed by atoms with Crippen molar-refractivity contribution in [3.8, 4) is 0 Å². The number of ether oxygens (including phenoxy) is 1. The molecule has 0 saturated heterocycles. The molecule has 108 valence electrons. The van der Waals surface area contributed by atoms with E-state index < -0.39 is 22.4 Å². The number of nitrogens with one attached hydrogen (secondary N) is 2. The maximum atomic E-state index is 11.7. The van der Waals surface area contributed by atoms with Crippen LogP contribution in [-0.2, 0) is 22.0 Å². The van der Waals surface area contributed by atoms with Crippen molar-refractivity contribution in [2.24, 2.45) is 7.05 Å². The number of aryl methyl sites for hydroxylation is 2. The van der Waals surface area contributed by atoms with E-state index in [2.05, 4.69) is 14.6 Å². The topological polar surface area (TPSA) is 128 Å². The molecule has 0 unspecified atom stereocenters. The molecule has 1 rings (SSSR count). The summed E-state index contributed by atoms with van der Waals surface area (Å²) in [6, 6.07) is 0. The number of carbonyl (C=O) groups is 1. The minimum atomic E-state index is -4.13. The van der Waals surface area contributed by atoms with E-state index in [1.165, 1.54) is 11.7 Å². The molecule has 0 fully saturated rings. The van der Waals surface area contributed by atoms with Gasteiger partial charge in [0, 0.05) is 7.05 Å². The van der Waals surface area contributed by atoms with E-state index in [0.29, 0.717) is 5.69 Å². The van der Waals surface area contributed by atoms with Gasteiger partial charge in [0.05, 0.1) is 17.5 Å². The fraction of sp³-hybridized carbons (Fsp3) is 0.556. The number of nitrogen functional groups attached to an aromatic ring is 1. The zero-order chi connectivity index (χ0) is 14.8. The predicted molar refractivity (Wildman–Crippen MR) is 69.7 cm³/mol. The van der Waals surface area contributed by atoms with Crippen LogP contribution in [0.1, 0.15) is 19.5 Å². The molecule has 0 bridgehead atoms. The molecule has 0 saturated carbocycles. The van der Waals surface area contributed by atoms with Crippen LogP contribution in [-0.4, -0.2) is 30.4 Å². The zero-order valence-corrected chi connectivity index (χ0v) is 11.9. The highest BCUT2D eigenvalue weighted by Gasteiger charge is 2.20. The summed E-state index contributed by atoms with van der Waals surface area (Å²) >= 11 is 0. The number of amides is 1. The maximum Gasteiger partial charge on any atom is 0.422 e. The van der Waals surface area contributed by atoms with Crippen LogP contribution in [0.15, 0.2) is 0 Å². The monoisotopic (exact) mass is 291 g/mol. The van der Waals surface area contributed by atoms with Gasteiger partial charge in [0.15, 0.2) is 5.82 Å². The van der Waals surface area contributed by atoms with Crippen LogP contribution in [0, 0.1) is 6.92 Å². The Morgan fingerprint density at radius 2 is 2.05 bits per heavy atom. The van der Waals surface area contributed by atoms with Gasteiger partial charge in [0.1, 0.15) is 0 Å². The van der Waals surface area contributed by atoms with E-state index in [0.717, 1.165) is 0 Å². The normalized spacial score (nSPS) is 11.4. The van der Waals surface area contributed by atoms with Gasteiger partial charge in [0.2, 0.25) is 0 Å². The largest absolute Gasteiger partial charge is 0.446 e. The first-order valence-corrected chi connectivity index (χ1v) is 6.91. The van der Waals surface area contributed by atoms with Crippen LogP contribution in [0.2, 0.25) is 0 Å². The van der Waals surface area contributed by atoms with Crippen molar-refractivity contribution >= 4 is 27.8 Å². The van der Waals surface area contributed by atoms with Crippen LogP contribution in [0.5, 0.6) is 0 Å². The molecular formula is C9H17N5O4S. The maximum absolute atomic E-state index is 11.7. The number of hydrogen-bond donors (Lipinski definition) is 3. The molecule has 0 spiro atoms. The standard InChI is InChI=1S/C9H17N5O4S/c1-5(2)18-9(15)13-19(16,17)12-8-7(10)6(3)11-14(8)4/h5,12H,10H2,1-4H3,(H,13,15). The lowest BCUT2D eigenvalue weighted by Crippen LogP contribution is -2.37. The van der Waals surface area contributed by atoms with Gasteiger partial charge in [-0.2, -0.15) is 13.5 Å². The Morgan fingerprint density at radius 1 is 1.47 bits per heavy atom. The van der Waals surface area contributed by atoms with Crippen molar-refractivity contribution in [3.05, 3.63) is 5.69 Å². The van der Waals surface area contributed by atoms with Crippen LogP contribution >= 0.6 is 0 Å². The molecule has 1 heterocycles. The summed E-state index contributed by atoms with van der Waals surface area (Å²) in [7, 11) is -2.61. The molecule has 9 nitrogen and oxygen atoms in total. The van der Waals surface area contributed by atoms with Gasteiger partial charge in [0.25, 0.3) is 0 Å². The molecule has 4 N–H and O–H groups in total. The Balaban J connectivity index is 2.83. The summed E-state index contributed by atoms with van der Waals surface area (Å²) in [6.45, 7) is 4.83.